The molecule has 4 nitrogen and oxygen atoms in total. The van der Waals surface area contributed by atoms with E-state index in [0.29, 0.717) is 0 Å². The molecule has 1 aromatic heterocycles. The topological polar surface area (TPSA) is 42.7 Å². The Hall–Kier alpha value is -0.900. The minimum absolute atomic E-state index is 0.847. The van der Waals surface area contributed by atoms with Gasteiger partial charge in [-0.05, 0) is 38.1 Å². The molecule has 0 unspecified atom stereocenters. The van der Waals surface area contributed by atoms with Crippen LogP contribution >= 0.6 is 0 Å². The third-order valence-electron chi connectivity index (χ3n) is 3.85. The summed E-state index contributed by atoms with van der Waals surface area (Å²) in [6.07, 6.45) is 7.21. The molecule has 0 spiro atoms. The minimum Gasteiger partial charge on any atom is -0.310 e. The quantitative estimate of drug-likeness (QED) is 0.852. The normalized spacial score (nSPS) is 25.1. The molecular formula is C13H24N4. The Morgan fingerprint density at radius 1 is 1.35 bits per heavy atom. The number of hydrogen-bond acceptors (Lipinski definition) is 3. The maximum absolute atomic E-state index is 4.27. The van der Waals surface area contributed by atoms with E-state index in [4.69, 9.17) is 0 Å². The summed E-state index contributed by atoms with van der Waals surface area (Å²) in [5.74, 6) is 2.86. The fourth-order valence-corrected chi connectivity index (χ4v) is 2.61. The van der Waals surface area contributed by atoms with Crippen molar-refractivity contribution in [3.05, 3.63) is 12.2 Å². The maximum atomic E-state index is 4.27. The molecule has 0 bridgehead atoms. The minimum atomic E-state index is 0.847. The molecule has 1 aliphatic rings. The average molecular weight is 236 g/mol. The van der Waals surface area contributed by atoms with E-state index in [1.165, 1.54) is 25.7 Å². The number of nitrogens with one attached hydrogen (secondary N) is 1. The van der Waals surface area contributed by atoms with Crippen molar-refractivity contribution in [1.82, 2.24) is 20.1 Å². The molecule has 0 amide bonds. The van der Waals surface area contributed by atoms with Crippen molar-refractivity contribution in [1.29, 1.82) is 0 Å². The Labute approximate surface area is 104 Å². The predicted molar refractivity (Wildman–Crippen MR) is 68.5 cm³/mol. The molecule has 0 atom stereocenters. The summed E-state index contributed by atoms with van der Waals surface area (Å²) in [6.45, 7) is 7.34. The second kappa shape index (κ2) is 6.15. The Morgan fingerprint density at radius 3 is 2.82 bits per heavy atom. The molecular weight excluding hydrogens is 212 g/mol. The first-order chi connectivity index (χ1) is 8.29. The second-order valence-corrected chi connectivity index (χ2v) is 5.25. The van der Waals surface area contributed by atoms with E-state index in [1.807, 2.05) is 4.68 Å². The van der Waals surface area contributed by atoms with Crippen LogP contribution < -0.4 is 5.32 Å². The van der Waals surface area contributed by atoms with Gasteiger partial charge in [0.1, 0.15) is 12.2 Å². The number of hydrogen-bond donors (Lipinski definition) is 1. The SMILES string of the molecule is CCn1ncnc1CNCC1CCC(C)CC1. The average Bonchev–Trinajstić information content (AvgIpc) is 2.79. The number of nitrogens with zero attached hydrogens (tertiary/aromatic N) is 3. The van der Waals surface area contributed by atoms with Crippen molar-refractivity contribution >= 4 is 0 Å². The highest BCUT2D eigenvalue weighted by molar-refractivity contribution is 4.84. The molecule has 1 heterocycles. The standard InChI is InChI=1S/C13H24N4/c1-3-17-13(15-10-16-17)9-14-8-12-6-4-11(2)5-7-12/h10-12,14H,3-9H2,1-2H3. The maximum Gasteiger partial charge on any atom is 0.140 e. The lowest BCUT2D eigenvalue weighted by Gasteiger charge is -2.26. The summed E-state index contributed by atoms with van der Waals surface area (Å²) in [5.41, 5.74) is 0. The fourth-order valence-electron chi connectivity index (χ4n) is 2.61. The molecule has 2 rings (SSSR count). The largest absolute Gasteiger partial charge is 0.310 e. The van der Waals surface area contributed by atoms with Crippen LogP contribution in [0.1, 0.15) is 45.4 Å². The van der Waals surface area contributed by atoms with Gasteiger partial charge in [0.15, 0.2) is 0 Å². The molecule has 0 aromatic carbocycles. The predicted octanol–water partition coefficient (Wildman–Crippen LogP) is 2.21. The van der Waals surface area contributed by atoms with Crippen molar-refractivity contribution in [2.24, 2.45) is 11.8 Å². The van der Waals surface area contributed by atoms with Gasteiger partial charge in [-0.3, -0.25) is 0 Å². The Balaban J connectivity index is 1.69. The first-order valence-electron chi connectivity index (χ1n) is 6.87. The molecule has 1 fully saturated rings. The van der Waals surface area contributed by atoms with Gasteiger partial charge in [0.25, 0.3) is 0 Å². The number of rotatable bonds is 5. The van der Waals surface area contributed by atoms with E-state index in [0.717, 1.165) is 37.3 Å². The first-order valence-corrected chi connectivity index (χ1v) is 6.87. The summed E-state index contributed by atoms with van der Waals surface area (Å²) in [5, 5.41) is 7.70. The van der Waals surface area contributed by atoms with Gasteiger partial charge in [-0.25, -0.2) is 9.67 Å². The Bertz CT molecular complexity index is 326. The molecule has 1 aromatic rings. The van der Waals surface area contributed by atoms with Crippen LogP contribution in [-0.4, -0.2) is 21.3 Å². The zero-order valence-corrected chi connectivity index (χ0v) is 11.0. The van der Waals surface area contributed by atoms with Crippen molar-refractivity contribution in [2.75, 3.05) is 6.54 Å². The Morgan fingerprint density at radius 2 is 2.12 bits per heavy atom. The van der Waals surface area contributed by atoms with Crippen LogP contribution in [0.2, 0.25) is 0 Å². The molecule has 1 N–H and O–H groups in total. The fraction of sp³-hybridized carbons (Fsp3) is 0.846. The summed E-state index contributed by atoms with van der Waals surface area (Å²) >= 11 is 0. The van der Waals surface area contributed by atoms with E-state index < -0.39 is 0 Å². The lowest BCUT2D eigenvalue weighted by Crippen LogP contribution is -2.26. The zero-order chi connectivity index (χ0) is 12.1. The van der Waals surface area contributed by atoms with Gasteiger partial charge >= 0.3 is 0 Å². The summed E-state index contributed by atoms with van der Waals surface area (Å²) in [7, 11) is 0. The highest BCUT2D eigenvalue weighted by atomic mass is 15.3. The van der Waals surface area contributed by atoms with Crippen molar-refractivity contribution in [2.45, 2.75) is 52.6 Å². The van der Waals surface area contributed by atoms with Crippen LogP contribution in [0.15, 0.2) is 6.33 Å². The monoisotopic (exact) mass is 236 g/mol. The third kappa shape index (κ3) is 3.53. The summed E-state index contributed by atoms with van der Waals surface area (Å²) in [4.78, 5) is 4.27. The van der Waals surface area contributed by atoms with Crippen LogP contribution in [-0.2, 0) is 13.1 Å². The summed E-state index contributed by atoms with van der Waals surface area (Å²) < 4.78 is 1.95. The number of aromatic nitrogens is 3. The zero-order valence-electron chi connectivity index (χ0n) is 11.0. The van der Waals surface area contributed by atoms with Gasteiger partial charge in [0.2, 0.25) is 0 Å². The first kappa shape index (κ1) is 12.6. The molecule has 0 radical (unpaired) electrons. The van der Waals surface area contributed by atoms with Gasteiger partial charge in [-0.1, -0.05) is 19.8 Å². The van der Waals surface area contributed by atoms with Crippen LogP contribution in [0, 0.1) is 11.8 Å². The van der Waals surface area contributed by atoms with Crippen molar-refractivity contribution in [3.63, 3.8) is 0 Å². The molecule has 0 aliphatic heterocycles. The molecule has 96 valence electrons. The van der Waals surface area contributed by atoms with E-state index >= 15 is 0 Å². The van der Waals surface area contributed by atoms with Gasteiger partial charge in [-0.15, -0.1) is 0 Å². The smallest absolute Gasteiger partial charge is 0.140 e. The number of aryl methyl sites for hydroxylation is 1. The van der Waals surface area contributed by atoms with Crippen LogP contribution in [0.4, 0.5) is 0 Å². The van der Waals surface area contributed by atoms with Gasteiger partial charge < -0.3 is 5.32 Å². The summed E-state index contributed by atoms with van der Waals surface area (Å²) in [6, 6.07) is 0. The molecule has 1 saturated carbocycles. The van der Waals surface area contributed by atoms with Crippen molar-refractivity contribution in [3.8, 4) is 0 Å². The van der Waals surface area contributed by atoms with Crippen molar-refractivity contribution < 1.29 is 0 Å². The van der Waals surface area contributed by atoms with E-state index in [2.05, 4.69) is 29.2 Å². The molecule has 4 heteroatoms. The van der Waals surface area contributed by atoms with Gasteiger partial charge in [0, 0.05) is 6.54 Å². The van der Waals surface area contributed by atoms with Gasteiger partial charge in [0.05, 0.1) is 6.54 Å². The second-order valence-electron chi connectivity index (χ2n) is 5.25. The van der Waals surface area contributed by atoms with Gasteiger partial charge in [-0.2, -0.15) is 5.10 Å². The highest BCUT2D eigenvalue weighted by Gasteiger charge is 2.17. The van der Waals surface area contributed by atoms with Crippen LogP contribution in [0.5, 0.6) is 0 Å². The molecule has 17 heavy (non-hydrogen) atoms. The van der Waals surface area contributed by atoms with E-state index in [1.54, 1.807) is 6.33 Å². The van der Waals surface area contributed by atoms with Crippen LogP contribution in [0.3, 0.4) is 0 Å². The third-order valence-corrected chi connectivity index (χ3v) is 3.85. The lowest BCUT2D eigenvalue weighted by molar-refractivity contribution is 0.280. The van der Waals surface area contributed by atoms with E-state index in [-0.39, 0.29) is 0 Å². The molecule has 0 saturated heterocycles. The molecule has 1 aliphatic carbocycles. The lowest BCUT2D eigenvalue weighted by atomic mass is 9.83. The highest BCUT2D eigenvalue weighted by Crippen LogP contribution is 2.27. The Kier molecular flexibility index (Phi) is 4.54. The van der Waals surface area contributed by atoms with E-state index in [9.17, 15) is 0 Å². The van der Waals surface area contributed by atoms with Crippen LogP contribution in [0.25, 0.3) is 0 Å².